The molecule has 158 valence electrons. The summed E-state index contributed by atoms with van der Waals surface area (Å²) in [6.45, 7) is -0.0550. The van der Waals surface area contributed by atoms with E-state index in [1.807, 2.05) is 0 Å². The van der Waals surface area contributed by atoms with Crippen LogP contribution in [0.3, 0.4) is 0 Å². The number of carbonyl (C=O) groups is 2. The van der Waals surface area contributed by atoms with Gasteiger partial charge in [0.2, 0.25) is 5.91 Å². The van der Waals surface area contributed by atoms with Crippen LogP contribution in [0.4, 0.5) is 11.4 Å². The van der Waals surface area contributed by atoms with Crippen molar-refractivity contribution in [3.05, 3.63) is 65.7 Å². The SMILES string of the molecule is NC(=O)c1cc(OCCCOc2cc(C=O)cc([N+](=O)[O-])c2Cl)c(Cl)c([N+](=O)[O-])c1. The second-order valence-corrected chi connectivity index (χ2v) is 6.46. The van der Waals surface area contributed by atoms with Gasteiger partial charge < -0.3 is 15.2 Å². The summed E-state index contributed by atoms with van der Waals surface area (Å²) in [5.74, 6) is -1.07. The number of halogens is 2. The topological polar surface area (TPSA) is 165 Å². The molecule has 0 heterocycles. The predicted octanol–water partition coefficient (Wildman–Crippen LogP) is 3.57. The Labute approximate surface area is 178 Å². The van der Waals surface area contributed by atoms with E-state index in [1.54, 1.807) is 0 Å². The first-order valence-electron chi connectivity index (χ1n) is 8.12. The number of nitro groups is 2. The van der Waals surface area contributed by atoms with E-state index >= 15 is 0 Å². The molecule has 0 aliphatic carbocycles. The van der Waals surface area contributed by atoms with E-state index in [9.17, 15) is 29.8 Å². The highest BCUT2D eigenvalue weighted by molar-refractivity contribution is 6.34. The molecular weight excluding hydrogens is 445 g/mol. The molecule has 0 aliphatic heterocycles. The van der Waals surface area contributed by atoms with Crippen molar-refractivity contribution in [2.75, 3.05) is 13.2 Å². The molecule has 0 aliphatic rings. The molecule has 0 saturated heterocycles. The first kappa shape index (κ1) is 22.8. The van der Waals surface area contributed by atoms with E-state index in [0.29, 0.717) is 6.29 Å². The van der Waals surface area contributed by atoms with Crippen molar-refractivity contribution in [2.24, 2.45) is 5.73 Å². The molecule has 0 aromatic heterocycles. The largest absolute Gasteiger partial charge is 0.492 e. The van der Waals surface area contributed by atoms with E-state index in [0.717, 1.165) is 12.1 Å². The highest BCUT2D eigenvalue weighted by Gasteiger charge is 2.21. The number of benzene rings is 2. The first-order chi connectivity index (χ1) is 14.1. The highest BCUT2D eigenvalue weighted by Crippen LogP contribution is 2.36. The third kappa shape index (κ3) is 5.33. The minimum absolute atomic E-state index is 0.0136. The number of primary amides is 1. The van der Waals surface area contributed by atoms with Gasteiger partial charge in [0.05, 0.1) is 23.1 Å². The number of rotatable bonds is 10. The normalized spacial score (nSPS) is 10.3. The van der Waals surface area contributed by atoms with Crippen LogP contribution < -0.4 is 15.2 Å². The van der Waals surface area contributed by atoms with Gasteiger partial charge in [-0.2, -0.15) is 0 Å². The van der Waals surface area contributed by atoms with Crippen LogP contribution in [0.1, 0.15) is 27.1 Å². The van der Waals surface area contributed by atoms with Crippen LogP contribution in [0.25, 0.3) is 0 Å². The van der Waals surface area contributed by atoms with E-state index in [-0.39, 0.29) is 52.3 Å². The number of nitrogens with zero attached hydrogens (tertiary/aromatic N) is 2. The maximum Gasteiger partial charge on any atom is 0.292 e. The van der Waals surface area contributed by atoms with Crippen LogP contribution >= 0.6 is 23.2 Å². The Kier molecular flexibility index (Phi) is 7.50. The molecule has 0 fully saturated rings. The second-order valence-electron chi connectivity index (χ2n) is 5.71. The average Bonchev–Trinajstić information content (AvgIpc) is 2.69. The Morgan fingerprint density at radius 3 is 1.93 bits per heavy atom. The Hall–Kier alpha value is -3.44. The third-order valence-corrected chi connectivity index (χ3v) is 4.44. The van der Waals surface area contributed by atoms with E-state index in [2.05, 4.69) is 0 Å². The zero-order valence-corrected chi connectivity index (χ0v) is 16.5. The third-order valence-electron chi connectivity index (χ3n) is 3.68. The van der Waals surface area contributed by atoms with Gasteiger partial charge in [0, 0.05) is 29.7 Å². The van der Waals surface area contributed by atoms with Crippen molar-refractivity contribution < 1.29 is 28.9 Å². The lowest BCUT2D eigenvalue weighted by Crippen LogP contribution is -2.12. The minimum atomic E-state index is -0.894. The van der Waals surface area contributed by atoms with Gasteiger partial charge in [-0.1, -0.05) is 23.2 Å². The van der Waals surface area contributed by atoms with Gasteiger partial charge in [0.25, 0.3) is 11.4 Å². The molecule has 0 spiro atoms. The van der Waals surface area contributed by atoms with Crippen molar-refractivity contribution in [2.45, 2.75) is 6.42 Å². The molecule has 0 unspecified atom stereocenters. The van der Waals surface area contributed by atoms with Crippen LogP contribution in [-0.4, -0.2) is 35.3 Å². The Bertz CT molecular complexity index is 1030. The van der Waals surface area contributed by atoms with Crippen molar-refractivity contribution in [3.8, 4) is 11.5 Å². The summed E-state index contributed by atoms with van der Waals surface area (Å²) in [4.78, 5) is 42.8. The molecule has 11 nitrogen and oxygen atoms in total. The molecular formula is C17H13Cl2N3O8. The van der Waals surface area contributed by atoms with Gasteiger partial charge in [-0.25, -0.2) is 0 Å². The first-order valence-corrected chi connectivity index (χ1v) is 8.87. The standard InChI is InChI=1S/C17H13Cl2N3O8/c18-15-11(21(25)26)4-9(8-23)5-13(15)29-2-1-3-30-14-7-10(17(20)24)6-12(16(14)19)22(27)28/h4-8H,1-3H2,(H2,20,24). The van der Waals surface area contributed by atoms with Crippen LogP contribution in [0, 0.1) is 20.2 Å². The van der Waals surface area contributed by atoms with Crippen molar-refractivity contribution in [1.29, 1.82) is 0 Å². The number of ether oxygens (including phenoxy) is 2. The van der Waals surface area contributed by atoms with Gasteiger partial charge in [-0.3, -0.25) is 29.8 Å². The van der Waals surface area contributed by atoms with Gasteiger partial charge in [-0.15, -0.1) is 0 Å². The second kappa shape index (κ2) is 9.85. The zero-order valence-electron chi connectivity index (χ0n) is 15.0. The molecule has 2 N–H and O–H groups in total. The van der Waals surface area contributed by atoms with Crippen LogP contribution in [0.15, 0.2) is 24.3 Å². The number of aldehydes is 1. The number of nitrogens with two attached hydrogens (primary N) is 1. The van der Waals surface area contributed by atoms with Crippen molar-refractivity contribution in [1.82, 2.24) is 0 Å². The average molecular weight is 458 g/mol. The smallest absolute Gasteiger partial charge is 0.292 e. The van der Waals surface area contributed by atoms with Gasteiger partial charge in [0.1, 0.15) is 17.8 Å². The Morgan fingerprint density at radius 1 is 0.967 bits per heavy atom. The van der Waals surface area contributed by atoms with Crippen LogP contribution in [0.5, 0.6) is 11.5 Å². The maximum absolute atomic E-state index is 11.3. The van der Waals surface area contributed by atoms with Gasteiger partial charge >= 0.3 is 0 Å². The summed E-state index contributed by atoms with van der Waals surface area (Å²) >= 11 is 11.8. The Balaban J connectivity index is 2.05. The van der Waals surface area contributed by atoms with E-state index in [1.165, 1.54) is 12.1 Å². The van der Waals surface area contributed by atoms with Crippen LogP contribution in [-0.2, 0) is 0 Å². The monoisotopic (exact) mass is 457 g/mol. The van der Waals surface area contributed by atoms with Crippen LogP contribution in [0.2, 0.25) is 10.0 Å². The molecule has 0 atom stereocenters. The summed E-state index contributed by atoms with van der Waals surface area (Å²) < 4.78 is 10.7. The molecule has 2 rings (SSSR count). The molecule has 30 heavy (non-hydrogen) atoms. The lowest BCUT2D eigenvalue weighted by Gasteiger charge is -2.11. The lowest BCUT2D eigenvalue weighted by molar-refractivity contribution is -0.384. The quantitative estimate of drug-likeness (QED) is 0.244. The minimum Gasteiger partial charge on any atom is -0.492 e. The highest BCUT2D eigenvalue weighted by atomic mass is 35.5. The number of nitro benzene ring substituents is 2. The summed E-state index contributed by atoms with van der Waals surface area (Å²) in [6.07, 6.45) is 0.625. The fraction of sp³-hybridized carbons (Fsp3) is 0.176. The molecule has 2 aromatic carbocycles. The maximum atomic E-state index is 11.3. The van der Waals surface area contributed by atoms with E-state index < -0.39 is 27.1 Å². The predicted molar refractivity (Wildman–Crippen MR) is 106 cm³/mol. The molecule has 2 aromatic rings. The number of carbonyl (C=O) groups excluding carboxylic acids is 2. The van der Waals surface area contributed by atoms with Gasteiger partial charge in [0.15, 0.2) is 10.0 Å². The van der Waals surface area contributed by atoms with Gasteiger partial charge in [-0.05, 0) is 12.1 Å². The Morgan fingerprint density at radius 2 is 1.47 bits per heavy atom. The zero-order chi connectivity index (χ0) is 22.4. The summed E-state index contributed by atoms with van der Waals surface area (Å²) in [7, 11) is 0. The summed E-state index contributed by atoms with van der Waals surface area (Å²) in [5.41, 5.74) is 4.00. The number of hydrogen-bond donors (Lipinski definition) is 1. The fourth-order valence-electron chi connectivity index (χ4n) is 2.30. The molecule has 1 amide bonds. The van der Waals surface area contributed by atoms with Crippen molar-refractivity contribution >= 4 is 46.8 Å². The fourth-order valence-corrected chi connectivity index (χ4v) is 2.76. The number of hydrogen-bond acceptors (Lipinski definition) is 8. The summed E-state index contributed by atoms with van der Waals surface area (Å²) in [6, 6.07) is 4.38. The number of amides is 1. The lowest BCUT2D eigenvalue weighted by atomic mass is 10.2. The summed E-state index contributed by atoms with van der Waals surface area (Å²) in [5, 5.41) is 21.5. The molecule has 0 saturated carbocycles. The molecule has 0 bridgehead atoms. The van der Waals surface area contributed by atoms with E-state index in [4.69, 9.17) is 38.4 Å². The molecule has 13 heteroatoms. The van der Waals surface area contributed by atoms with Crippen molar-refractivity contribution in [3.63, 3.8) is 0 Å². The molecule has 0 radical (unpaired) electrons.